The van der Waals surface area contributed by atoms with E-state index in [1.54, 1.807) is 0 Å². The van der Waals surface area contributed by atoms with Crippen LogP contribution in [-0.4, -0.2) is 19.1 Å². The second-order valence-corrected chi connectivity index (χ2v) is 17.0. The van der Waals surface area contributed by atoms with Crippen LogP contribution in [0.3, 0.4) is 0 Å². The molecule has 66 heavy (non-hydrogen) atoms. The second kappa shape index (κ2) is 15.4. The smallest absolute Gasteiger partial charge is 0.160 e. The van der Waals surface area contributed by atoms with Crippen LogP contribution in [0.25, 0.3) is 122 Å². The Bertz CT molecular complexity index is 3680. The van der Waals surface area contributed by atoms with Crippen molar-refractivity contribution in [1.29, 1.82) is 0 Å². The molecule has 3 heterocycles. The van der Waals surface area contributed by atoms with Crippen LogP contribution in [0.2, 0.25) is 0 Å². The molecule has 4 nitrogen and oxygen atoms in total. The molecule has 0 aliphatic rings. The molecule has 0 unspecified atom stereocenters. The quantitative estimate of drug-likeness (QED) is 0.160. The fraction of sp³-hybridized carbons (Fsp3) is 0. The molecule has 0 saturated carbocycles. The summed E-state index contributed by atoms with van der Waals surface area (Å²) in [6, 6.07) is 87.1. The zero-order valence-electron chi connectivity index (χ0n) is 35.9. The maximum atomic E-state index is 5.20. The minimum absolute atomic E-state index is 0.708. The third kappa shape index (κ3) is 6.22. The molecule has 0 fully saturated rings. The highest BCUT2D eigenvalue weighted by atomic mass is 15.0. The van der Waals surface area contributed by atoms with E-state index in [0.717, 1.165) is 61.5 Å². The van der Waals surface area contributed by atoms with Crippen molar-refractivity contribution in [2.24, 2.45) is 0 Å². The molecule has 10 aromatic carbocycles. The summed E-state index contributed by atoms with van der Waals surface area (Å²) in [5, 5.41) is 7.29. The maximum absolute atomic E-state index is 5.20. The molecule has 13 rings (SSSR count). The molecule has 0 aliphatic carbocycles. The molecule has 13 aromatic rings. The second-order valence-electron chi connectivity index (χ2n) is 17.0. The number of nitrogens with zero attached hydrogens (tertiary/aromatic N) is 4. The predicted octanol–water partition coefficient (Wildman–Crippen LogP) is 16.2. The van der Waals surface area contributed by atoms with Crippen LogP contribution >= 0.6 is 0 Å². The average molecular weight is 841 g/mol. The Hall–Kier alpha value is -8.86. The van der Waals surface area contributed by atoms with E-state index < -0.39 is 0 Å². The first-order chi connectivity index (χ1) is 32.7. The monoisotopic (exact) mass is 840 g/mol. The van der Waals surface area contributed by atoms with E-state index >= 15 is 0 Å². The Morgan fingerprint density at radius 3 is 1.15 bits per heavy atom. The van der Waals surface area contributed by atoms with E-state index in [1.165, 1.54) is 54.6 Å². The molecule has 308 valence electrons. The minimum Gasteiger partial charge on any atom is -0.309 e. The lowest BCUT2D eigenvalue weighted by Gasteiger charge is -2.16. The van der Waals surface area contributed by atoms with Crippen LogP contribution in [0.15, 0.2) is 243 Å². The van der Waals surface area contributed by atoms with E-state index in [1.807, 2.05) is 24.3 Å². The Morgan fingerprint density at radius 1 is 0.242 bits per heavy atom. The van der Waals surface area contributed by atoms with Gasteiger partial charge in [-0.2, -0.15) is 0 Å². The van der Waals surface area contributed by atoms with Crippen molar-refractivity contribution in [3.63, 3.8) is 0 Å². The maximum Gasteiger partial charge on any atom is 0.160 e. The minimum atomic E-state index is 0.708. The summed E-state index contributed by atoms with van der Waals surface area (Å²) in [4.78, 5) is 10.3. The van der Waals surface area contributed by atoms with E-state index in [2.05, 4.69) is 228 Å². The van der Waals surface area contributed by atoms with Gasteiger partial charge in [0, 0.05) is 49.6 Å². The van der Waals surface area contributed by atoms with Crippen molar-refractivity contribution < 1.29 is 0 Å². The van der Waals surface area contributed by atoms with Gasteiger partial charge in [0.15, 0.2) is 5.82 Å². The molecule has 0 saturated heterocycles. The zero-order chi connectivity index (χ0) is 43.6. The van der Waals surface area contributed by atoms with E-state index in [4.69, 9.17) is 9.97 Å². The van der Waals surface area contributed by atoms with Gasteiger partial charge in [-0.3, -0.25) is 0 Å². The van der Waals surface area contributed by atoms with Crippen LogP contribution in [-0.2, 0) is 0 Å². The van der Waals surface area contributed by atoms with Gasteiger partial charge in [0.05, 0.1) is 33.5 Å². The first-order valence-electron chi connectivity index (χ1n) is 22.5. The lowest BCUT2D eigenvalue weighted by Crippen LogP contribution is -2.00. The fourth-order valence-corrected chi connectivity index (χ4v) is 10.1. The van der Waals surface area contributed by atoms with Crippen molar-refractivity contribution in [1.82, 2.24) is 19.1 Å². The summed E-state index contributed by atoms with van der Waals surface area (Å²) in [6.45, 7) is 0. The Labute approximate surface area is 382 Å². The van der Waals surface area contributed by atoms with Crippen molar-refractivity contribution in [2.75, 3.05) is 0 Å². The Balaban J connectivity index is 0.960. The normalized spacial score (nSPS) is 11.6. The summed E-state index contributed by atoms with van der Waals surface area (Å²) >= 11 is 0. The fourth-order valence-electron chi connectivity index (χ4n) is 10.1. The summed E-state index contributed by atoms with van der Waals surface area (Å²) in [7, 11) is 0. The molecule has 3 aromatic heterocycles. The molecular weight excluding hydrogens is 801 g/mol. The number of fused-ring (bicyclic) bond motifs is 7. The van der Waals surface area contributed by atoms with Crippen LogP contribution in [0.1, 0.15) is 0 Å². The van der Waals surface area contributed by atoms with Crippen molar-refractivity contribution >= 4 is 54.4 Å². The number of aromatic nitrogens is 4. The zero-order valence-corrected chi connectivity index (χ0v) is 35.9. The summed E-state index contributed by atoms with van der Waals surface area (Å²) in [5.41, 5.74) is 16.5. The van der Waals surface area contributed by atoms with Crippen LogP contribution in [0.4, 0.5) is 0 Å². The third-order valence-corrected chi connectivity index (χ3v) is 13.1. The topological polar surface area (TPSA) is 35.6 Å². The van der Waals surface area contributed by atoms with E-state index in [-0.39, 0.29) is 0 Å². The van der Waals surface area contributed by atoms with Crippen molar-refractivity contribution in [2.45, 2.75) is 0 Å². The van der Waals surface area contributed by atoms with Gasteiger partial charge in [0.2, 0.25) is 0 Å². The van der Waals surface area contributed by atoms with Gasteiger partial charge < -0.3 is 9.13 Å². The number of hydrogen-bond donors (Lipinski definition) is 0. The van der Waals surface area contributed by atoms with Crippen LogP contribution < -0.4 is 0 Å². The first-order valence-corrected chi connectivity index (χ1v) is 22.5. The highest BCUT2D eigenvalue weighted by molar-refractivity contribution is 6.11. The number of para-hydroxylation sites is 4. The SMILES string of the molecule is c1ccc(-c2cc(-c3ccc(-c4ccc(-c5cc(-n6c7ccccc7c7ccccc76)cc(-n6c7ccccc7c7ccccc76)c5)cc4)c4ccccc34)nc(-c3ccccc3)n2)cc1. The third-order valence-electron chi connectivity index (χ3n) is 13.1. The highest BCUT2D eigenvalue weighted by Gasteiger charge is 2.19. The number of hydrogen-bond acceptors (Lipinski definition) is 2. The van der Waals surface area contributed by atoms with Crippen LogP contribution in [0, 0.1) is 0 Å². The van der Waals surface area contributed by atoms with Gasteiger partial charge in [-0.25, -0.2) is 9.97 Å². The Kier molecular flexibility index (Phi) is 8.81. The molecule has 0 atom stereocenters. The summed E-state index contributed by atoms with van der Waals surface area (Å²) in [6.07, 6.45) is 0. The molecule has 0 radical (unpaired) electrons. The Morgan fingerprint density at radius 2 is 0.636 bits per heavy atom. The first kappa shape index (κ1) is 37.7. The van der Waals surface area contributed by atoms with Crippen LogP contribution in [0.5, 0.6) is 0 Å². The largest absolute Gasteiger partial charge is 0.309 e. The molecule has 0 N–H and O–H groups in total. The molecule has 0 aliphatic heterocycles. The average Bonchev–Trinajstić information content (AvgIpc) is 3.92. The standard InChI is InChI=1S/C62H40N4/c1-3-17-43(18-4-1)56-40-57(64-62(63-56)44-19-5-2-6-20-44)51-36-35-48(49-21-7-8-22-50(49)51)42-33-31-41(32-34-42)45-37-46(65-58-27-13-9-23-52(58)53-24-10-14-28-59(53)65)39-47(38-45)66-60-29-15-11-25-54(60)55-26-12-16-30-61(55)66/h1-40H. The molecule has 0 amide bonds. The summed E-state index contributed by atoms with van der Waals surface area (Å²) in [5.74, 6) is 0.708. The van der Waals surface area contributed by atoms with Gasteiger partial charge in [0.25, 0.3) is 0 Å². The van der Waals surface area contributed by atoms with E-state index in [0.29, 0.717) is 5.82 Å². The number of rotatable bonds is 7. The van der Waals surface area contributed by atoms with Gasteiger partial charge in [-0.1, -0.05) is 194 Å². The molecule has 0 bridgehead atoms. The highest BCUT2D eigenvalue weighted by Crippen LogP contribution is 2.40. The molecule has 0 spiro atoms. The van der Waals surface area contributed by atoms with Crippen molar-refractivity contribution in [3.8, 4) is 67.5 Å². The van der Waals surface area contributed by atoms with Gasteiger partial charge in [-0.15, -0.1) is 0 Å². The summed E-state index contributed by atoms with van der Waals surface area (Å²) < 4.78 is 4.85. The predicted molar refractivity (Wildman–Crippen MR) is 275 cm³/mol. The van der Waals surface area contributed by atoms with Gasteiger partial charge in [-0.05, 0) is 81.6 Å². The van der Waals surface area contributed by atoms with E-state index in [9.17, 15) is 0 Å². The van der Waals surface area contributed by atoms with Gasteiger partial charge in [0.1, 0.15) is 0 Å². The van der Waals surface area contributed by atoms with Gasteiger partial charge >= 0.3 is 0 Å². The molecule has 4 heteroatoms. The van der Waals surface area contributed by atoms with Crippen molar-refractivity contribution in [3.05, 3.63) is 243 Å². The lowest BCUT2D eigenvalue weighted by molar-refractivity contribution is 1.13. The number of benzene rings is 10. The molecular formula is C62H40N4. The lowest BCUT2D eigenvalue weighted by atomic mass is 9.92.